The third-order valence-corrected chi connectivity index (χ3v) is 4.01. The number of aryl methyl sites for hydroxylation is 2. The Balaban J connectivity index is 1.96. The van der Waals surface area contributed by atoms with E-state index in [-0.39, 0.29) is 0 Å². The average Bonchev–Trinajstić information content (AvgIpc) is 2.38. The van der Waals surface area contributed by atoms with Crippen LogP contribution in [0.4, 0.5) is 5.69 Å². The second-order valence-electron chi connectivity index (χ2n) is 5.78. The third kappa shape index (κ3) is 3.71. The molecule has 0 bridgehead atoms. The van der Waals surface area contributed by atoms with Crippen LogP contribution in [-0.2, 0) is 0 Å². The number of nitrogens with zero attached hydrogens (tertiary/aromatic N) is 2. The van der Waals surface area contributed by atoms with E-state index in [0.717, 1.165) is 32.7 Å². The zero-order chi connectivity index (χ0) is 13.8. The van der Waals surface area contributed by atoms with Crippen molar-refractivity contribution < 1.29 is 0 Å². The Morgan fingerprint density at radius 1 is 1.05 bits per heavy atom. The first-order valence-corrected chi connectivity index (χ1v) is 7.32. The second kappa shape index (κ2) is 6.40. The molecule has 1 heterocycles. The molecule has 1 aliphatic heterocycles. The summed E-state index contributed by atoms with van der Waals surface area (Å²) >= 11 is 0. The molecule has 1 aromatic carbocycles. The summed E-state index contributed by atoms with van der Waals surface area (Å²) in [5.74, 6) is 0. The summed E-state index contributed by atoms with van der Waals surface area (Å²) in [5, 5.41) is 3.27. The van der Waals surface area contributed by atoms with Crippen molar-refractivity contribution in [2.45, 2.75) is 26.8 Å². The number of hydrogen-bond acceptors (Lipinski definition) is 3. The van der Waals surface area contributed by atoms with Crippen molar-refractivity contribution in [1.82, 2.24) is 10.2 Å². The Morgan fingerprint density at radius 3 is 2.16 bits per heavy atom. The van der Waals surface area contributed by atoms with Gasteiger partial charge >= 0.3 is 0 Å². The summed E-state index contributed by atoms with van der Waals surface area (Å²) in [6.45, 7) is 12.3. The molecule has 0 aromatic heterocycles. The highest BCUT2D eigenvalue weighted by molar-refractivity contribution is 5.51. The fourth-order valence-electron chi connectivity index (χ4n) is 2.98. The molecule has 3 nitrogen and oxygen atoms in total. The molecular weight excluding hydrogens is 234 g/mol. The van der Waals surface area contributed by atoms with E-state index in [1.54, 1.807) is 0 Å². The first-order chi connectivity index (χ1) is 9.10. The van der Waals surface area contributed by atoms with Crippen LogP contribution in [-0.4, -0.2) is 50.7 Å². The van der Waals surface area contributed by atoms with E-state index in [2.05, 4.69) is 54.1 Å². The molecule has 19 heavy (non-hydrogen) atoms. The van der Waals surface area contributed by atoms with Crippen LogP contribution in [0.3, 0.4) is 0 Å². The van der Waals surface area contributed by atoms with Gasteiger partial charge in [0.25, 0.3) is 0 Å². The van der Waals surface area contributed by atoms with Crippen LogP contribution >= 0.6 is 0 Å². The van der Waals surface area contributed by atoms with E-state index in [9.17, 15) is 0 Å². The van der Waals surface area contributed by atoms with Gasteiger partial charge in [0.1, 0.15) is 0 Å². The lowest BCUT2D eigenvalue weighted by atomic mass is 10.1. The molecule has 0 aliphatic carbocycles. The summed E-state index contributed by atoms with van der Waals surface area (Å²) in [5.41, 5.74) is 4.11. The quantitative estimate of drug-likeness (QED) is 0.895. The molecule has 0 spiro atoms. The Morgan fingerprint density at radius 2 is 1.63 bits per heavy atom. The molecule has 1 aliphatic rings. The van der Waals surface area contributed by atoms with Gasteiger partial charge < -0.3 is 10.2 Å². The second-order valence-corrected chi connectivity index (χ2v) is 5.78. The van der Waals surface area contributed by atoms with E-state index < -0.39 is 0 Å². The molecule has 1 saturated heterocycles. The van der Waals surface area contributed by atoms with E-state index in [4.69, 9.17) is 0 Å². The fraction of sp³-hybridized carbons (Fsp3) is 0.625. The van der Waals surface area contributed by atoms with Crippen LogP contribution in [0.5, 0.6) is 0 Å². The summed E-state index contributed by atoms with van der Waals surface area (Å²) < 4.78 is 0. The van der Waals surface area contributed by atoms with Crippen molar-refractivity contribution in [1.29, 1.82) is 0 Å². The smallest absolute Gasteiger partial charge is 0.0372 e. The molecule has 1 N–H and O–H groups in total. The molecule has 106 valence electrons. The molecule has 0 radical (unpaired) electrons. The van der Waals surface area contributed by atoms with Crippen LogP contribution < -0.4 is 10.2 Å². The van der Waals surface area contributed by atoms with E-state index >= 15 is 0 Å². The van der Waals surface area contributed by atoms with Crippen molar-refractivity contribution in [2.24, 2.45) is 0 Å². The van der Waals surface area contributed by atoms with Gasteiger partial charge in [-0.2, -0.15) is 0 Å². The lowest BCUT2D eigenvalue weighted by Crippen LogP contribution is -2.51. The Labute approximate surface area is 117 Å². The predicted octanol–water partition coefficient (Wildman–Crippen LogP) is 2.03. The number of rotatable bonds is 4. The first kappa shape index (κ1) is 14.4. The highest BCUT2D eigenvalue weighted by atomic mass is 15.3. The summed E-state index contributed by atoms with van der Waals surface area (Å²) in [6, 6.07) is 7.49. The van der Waals surface area contributed by atoms with Gasteiger partial charge in [0, 0.05) is 44.5 Å². The van der Waals surface area contributed by atoms with Gasteiger partial charge in [-0.25, -0.2) is 0 Å². The fourth-order valence-corrected chi connectivity index (χ4v) is 2.98. The predicted molar refractivity (Wildman–Crippen MR) is 83.1 cm³/mol. The third-order valence-electron chi connectivity index (χ3n) is 4.01. The number of benzene rings is 1. The molecular formula is C16H27N3. The van der Waals surface area contributed by atoms with Crippen molar-refractivity contribution in [2.75, 3.05) is 44.7 Å². The molecule has 1 fully saturated rings. The monoisotopic (exact) mass is 261 g/mol. The Hall–Kier alpha value is -1.06. The van der Waals surface area contributed by atoms with Gasteiger partial charge in [0.2, 0.25) is 0 Å². The number of nitrogens with one attached hydrogen (secondary N) is 1. The van der Waals surface area contributed by atoms with E-state index in [0.29, 0.717) is 6.04 Å². The van der Waals surface area contributed by atoms with Gasteiger partial charge in [-0.3, -0.25) is 4.90 Å². The molecule has 1 unspecified atom stereocenters. The summed E-state index contributed by atoms with van der Waals surface area (Å²) in [6.07, 6.45) is 0. The highest BCUT2D eigenvalue weighted by Crippen LogP contribution is 2.20. The lowest BCUT2D eigenvalue weighted by molar-refractivity contribution is 0.195. The van der Waals surface area contributed by atoms with Crippen LogP contribution in [0.15, 0.2) is 18.2 Å². The minimum Gasteiger partial charge on any atom is -0.369 e. The zero-order valence-electron chi connectivity index (χ0n) is 12.7. The number of piperazine rings is 1. The topological polar surface area (TPSA) is 18.5 Å². The largest absolute Gasteiger partial charge is 0.369 e. The van der Waals surface area contributed by atoms with Crippen LogP contribution in [0.1, 0.15) is 18.1 Å². The summed E-state index contributed by atoms with van der Waals surface area (Å²) in [7, 11) is 2.03. The molecule has 1 atom stereocenters. The molecule has 0 saturated carbocycles. The van der Waals surface area contributed by atoms with Gasteiger partial charge in [0.15, 0.2) is 0 Å². The van der Waals surface area contributed by atoms with Gasteiger partial charge in [0.05, 0.1) is 0 Å². The average molecular weight is 261 g/mol. The SMILES string of the molecule is CNCC(C)N1CCN(c2cc(C)cc(C)c2)CC1. The van der Waals surface area contributed by atoms with Gasteiger partial charge in [-0.1, -0.05) is 6.07 Å². The van der Waals surface area contributed by atoms with Crippen LogP contribution in [0.2, 0.25) is 0 Å². The standard InChI is InChI=1S/C16H27N3/c1-13-9-14(2)11-16(10-13)19-7-5-18(6-8-19)15(3)12-17-4/h9-11,15,17H,5-8,12H2,1-4H3. The minimum atomic E-state index is 0.631. The van der Waals surface area contributed by atoms with Crippen molar-refractivity contribution >= 4 is 5.69 Å². The van der Waals surface area contributed by atoms with Crippen molar-refractivity contribution in [3.8, 4) is 0 Å². The minimum absolute atomic E-state index is 0.631. The van der Waals surface area contributed by atoms with Crippen molar-refractivity contribution in [3.63, 3.8) is 0 Å². The zero-order valence-corrected chi connectivity index (χ0v) is 12.7. The van der Waals surface area contributed by atoms with Gasteiger partial charge in [-0.15, -0.1) is 0 Å². The molecule has 0 amide bonds. The Kier molecular flexibility index (Phi) is 4.83. The summed E-state index contributed by atoms with van der Waals surface area (Å²) in [4.78, 5) is 5.10. The van der Waals surface area contributed by atoms with E-state index in [1.807, 2.05) is 7.05 Å². The number of likely N-dealkylation sites (N-methyl/N-ethyl adjacent to an activating group) is 1. The normalized spacial score (nSPS) is 18.6. The van der Waals surface area contributed by atoms with Gasteiger partial charge in [-0.05, 0) is 51.1 Å². The van der Waals surface area contributed by atoms with Crippen LogP contribution in [0, 0.1) is 13.8 Å². The van der Waals surface area contributed by atoms with Crippen molar-refractivity contribution in [3.05, 3.63) is 29.3 Å². The maximum absolute atomic E-state index is 3.27. The maximum atomic E-state index is 3.27. The molecule has 1 aromatic rings. The number of anilines is 1. The number of hydrogen-bond donors (Lipinski definition) is 1. The Bertz CT molecular complexity index is 388. The highest BCUT2D eigenvalue weighted by Gasteiger charge is 2.20. The van der Waals surface area contributed by atoms with E-state index in [1.165, 1.54) is 16.8 Å². The first-order valence-electron chi connectivity index (χ1n) is 7.32. The maximum Gasteiger partial charge on any atom is 0.0372 e. The van der Waals surface area contributed by atoms with Crippen LogP contribution in [0.25, 0.3) is 0 Å². The molecule has 3 heteroatoms. The lowest BCUT2D eigenvalue weighted by Gasteiger charge is -2.39. The molecule has 2 rings (SSSR count).